The van der Waals surface area contributed by atoms with Gasteiger partial charge in [-0.15, -0.1) is 0 Å². The minimum atomic E-state index is -1.07. The van der Waals surface area contributed by atoms with Crippen LogP contribution in [0.3, 0.4) is 0 Å². The van der Waals surface area contributed by atoms with E-state index < -0.39 is 35.8 Å². The summed E-state index contributed by atoms with van der Waals surface area (Å²) in [6.45, 7) is 0.917. The number of hydrogen-bond acceptors (Lipinski definition) is 7. The minimum absolute atomic E-state index is 0.0171. The molecule has 10 nitrogen and oxygen atoms in total. The second-order valence-electron chi connectivity index (χ2n) is 8.49. The average Bonchev–Trinajstić information content (AvgIpc) is 2.84. The number of amides is 3. The summed E-state index contributed by atoms with van der Waals surface area (Å²) in [6, 6.07) is 12.0. The monoisotopic (exact) mass is 517 g/mol. The van der Waals surface area contributed by atoms with Gasteiger partial charge in [-0.25, -0.2) is 4.79 Å². The molecule has 0 radical (unpaired) electrons. The summed E-state index contributed by atoms with van der Waals surface area (Å²) in [7, 11) is 0. The molecule has 0 aliphatic heterocycles. The predicted molar refractivity (Wildman–Crippen MR) is 141 cm³/mol. The van der Waals surface area contributed by atoms with Gasteiger partial charge in [0.25, 0.3) is 0 Å². The first kappa shape index (κ1) is 29.1. The van der Waals surface area contributed by atoms with Crippen LogP contribution in [-0.4, -0.2) is 77.4 Å². The number of carbonyl (C=O) groups excluding carboxylic acids is 3. The molecule has 0 unspecified atom stereocenters. The second kappa shape index (κ2) is 15.1. The lowest BCUT2D eigenvalue weighted by molar-refractivity contribution is -0.142. The van der Waals surface area contributed by atoms with Crippen LogP contribution in [0.4, 0.5) is 0 Å². The molecule has 2 aromatic carbocycles. The Labute approximate surface area is 215 Å². The van der Waals surface area contributed by atoms with E-state index in [9.17, 15) is 24.3 Å². The van der Waals surface area contributed by atoms with Gasteiger partial charge < -0.3 is 27.2 Å². The van der Waals surface area contributed by atoms with E-state index in [4.69, 9.17) is 11.5 Å². The molecule has 0 bridgehead atoms. The van der Waals surface area contributed by atoms with Crippen LogP contribution in [0, 0.1) is 0 Å². The lowest BCUT2D eigenvalue weighted by Crippen LogP contribution is -2.48. The summed E-state index contributed by atoms with van der Waals surface area (Å²) in [5.41, 5.74) is 11.9. The van der Waals surface area contributed by atoms with Gasteiger partial charge in [0, 0.05) is 26.1 Å². The fraction of sp³-hybridized carbons (Fsp3) is 0.440. The van der Waals surface area contributed by atoms with E-state index in [2.05, 4.69) is 10.6 Å². The zero-order chi connectivity index (χ0) is 26.5. The summed E-state index contributed by atoms with van der Waals surface area (Å²) in [6.07, 6.45) is 2.37. The number of carboxylic acid groups (broad SMARTS) is 1. The Bertz CT molecular complexity index is 1050. The highest BCUT2D eigenvalue weighted by molar-refractivity contribution is 7.98. The van der Waals surface area contributed by atoms with Gasteiger partial charge >= 0.3 is 5.97 Å². The van der Waals surface area contributed by atoms with Crippen LogP contribution in [0.15, 0.2) is 42.5 Å². The molecule has 7 N–H and O–H groups in total. The molecule has 196 valence electrons. The lowest BCUT2D eigenvalue weighted by Gasteiger charge is -2.24. The average molecular weight is 518 g/mol. The molecule has 0 aromatic heterocycles. The van der Waals surface area contributed by atoms with E-state index >= 15 is 0 Å². The van der Waals surface area contributed by atoms with E-state index in [1.165, 1.54) is 11.8 Å². The Morgan fingerprint density at radius 1 is 1.08 bits per heavy atom. The van der Waals surface area contributed by atoms with Crippen molar-refractivity contribution in [3.63, 3.8) is 0 Å². The second-order valence-corrected chi connectivity index (χ2v) is 9.48. The first-order valence-electron chi connectivity index (χ1n) is 11.7. The van der Waals surface area contributed by atoms with E-state index in [0.717, 1.165) is 16.3 Å². The van der Waals surface area contributed by atoms with Gasteiger partial charge in [-0.05, 0) is 41.2 Å². The number of rotatable bonds is 16. The number of benzene rings is 2. The van der Waals surface area contributed by atoms with Gasteiger partial charge in [0.2, 0.25) is 17.7 Å². The Kier molecular flexibility index (Phi) is 12.2. The van der Waals surface area contributed by atoms with Crippen molar-refractivity contribution in [1.82, 2.24) is 15.5 Å². The summed E-state index contributed by atoms with van der Waals surface area (Å²) < 4.78 is 0. The summed E-state index contributed by atoms with van der Waals surface area (Å²) >= 11 is 1.51. The molecule has 2 rings (SSSR count). The molecule has 0 saturated carbocycles. The van der Waals surface area contributed by atoms with Gasteiger partial charge in [0.05, 0.1) is 12.6 Å². The number of aliphatic carboxylic acids is 1. The van der Waals surface area contributed by atoms with Crippen LogP contribution in [0.25, 0.3) is 10.8 Å². The van der Waals surface area contributed by atoms with Crippen molar-refractivity contribution in [3.8, 4) is 0 Å². The third kappa shape index (κ3) is 9.84. The van der Waals surface area contributed by atoms with Gasteiger partial charge in [0.1, 0.15) is 6.04 Å². The maximum atomic E-state index is 12.8. The molecule has 2 atom stereocenters. The Morgan fingerprint density at radius 2 is 1.81 bits per heavy atom. The number of nitrogens with two attached hydrogens (primary N) is 2. The summed E-state index contributed by atoms with van der Waals surface area (Å²) in [4.78, 5) is 49.3. The number of nitrogens with zero attached hydrogens (tertiary/aromatic N) is 1. The molecule has 0 aliphatic rings. The topological polar surface area (TPSA) is 168 Å². The molecule has 2 aromatic rings. The molecule has 11 heteroatoms. The van der Waals surface area contributed by atoms with E-state index in [1.54, 1.807) is 0 Å². The van der Waals surface area contributed by atoms with Crippen molar-refractivity contribution in [2.24, 2.45) is 11.5 Å². The SMILES string of the molecule is CSCC[C@H](NC(=O)CN(CCNC(=O)[C@@H](N)CCC(N)=O)Cc1cccc2ccccc12)C(=O)O. The third-order valence-corrected chi connectivity index (χ3v) is 6.29. The zero-order valence-corrected chi connectivity index (χ0v) is 21.3. The number of primary amides is 1. The first-order valence-corrected chi connectivity index (χ1v) is 13.1. The normalized spacial score (nSPS) is 12.8. The maximum absolute atomic E-state index is 12.8. The van der Waals surface area contributed by atoms with Gasteiger partial charge in [-0.1, -0.05) is 42.5 Å². The highest BCUT2D eigenvalue weighted by atomic mass is 32.2. The Hall–Kier alpha value is -3.15. The number of hydrogen-bond donors (Lipinski definition) is 5. The fourth-order valence-corrected chi connectivity index (χ4v) is 4.19. The smallest absolute Gasteiger partial charge is 0.326 e. The van der Waals surface area contributed by atoms with E-state index in [-0.39, 0.29) is 25.9 Å². The van der Waals surface area contributed by atoms with Crippen molar-refractivity contribution in [2.45, 2.75) is 37.9 Å². The first-order chi connectivity index (χ1) is 17.2. The predicted octanol–water partition coefficient (Wildman–Crippen LogP) is 0.673. The van der Waals surface area contributed by atoms with Crippen molar-refractivity contribution >= 4 is 46.2 Å². The minimum Gasteiger partial charge on any atom is -0.480 e. The van der Waals surface area contributed by atoms with Gasteiger partial charge in [-0.3, -0.25) is 19.3 Å². The van der Waals surface area contributed by atoms with Crippen LogP contribution in [0.2, 0.25) is 0 Å². The molecule has 0 spiro atoms. The molecule has 0 heterocycles. The Balaban J connectivity index is 2.08. The third-order valence-electron chi connectivity index (χ3n) is 5.65. The fourth-order valence-electron chi connectivity index (χ4n) is 3.72. The number of carbonyl (C=O) groups is 4. The molecule has 36 heavy (non-hydrogen) atoms. The summed E-state index contributed by atoms with van der Waals surface area (Å²) in [5.74, 6) is -1.81. The number of carboxylic acids is 1. The number of nitrogens with one attached hydrogen (secondary N) is 2. The van der Waals surface area contributed by atoms with E-state index in [0.29, 0.717) is 25.3 Å². The maximum Gasteiger partial charge on any atom is 0.326 e. The molecular weight excluding hydrogens is 482 g/mol. The van der Waals surface area contributed by atoms with Crippen LogP contribution in [0.5, 0.6) is 0 Å². The molecule has 0 fully saturated rings. The highest BCUT2D eigenvalue weighted by Crippen LogP contribution is 2.20. The van der Waals surface area contributed by atoms with Crippen molar-refractivity contribution in [3.05, 3.63) is 48.0 Å². The van der Waals surface area contributed by atoms with Crippen LogP contribution < -0.4 is 22.1 Å². The van der Waals surface area contributed by atoms with Crippen molar-refractivity contribution in [2.75, 3.05) is 31.6 Å². The van der Waals surface area contributed by atoms with Crippen molar-refractivity contribution in [1.29, 1.82) is 0 Å². The molecule has 0 aliphatic carbocycles. The van der Waals surface area contributed by atoms with E-state index in [1.807, 2.05) is 53.6 Å². The van der Waals surface area contributed by atoms with Gasteiger partial charge in [0.15, 0.2) is 0 Å². The zero-order valence-electron chi connectivity index (χ0n) is 20.4. The number of thioether (sulfide) groups is 1. The lowest BCUT2D eigenvalue weighted by atomic mass is 10.0. The largest absolute Gasteiger partial charge is 0.480 e. The molecule has 0 saturated heterocycles. The Morgan fingerprint density at radius 3 is 2.50 bits per heavy atom. The van der Waals surface area contributed by atoms with Gasteiger partial charge in [-0.2, -0.15) is 11.8 Å². The molecular formula is C25H35N5O5S. The summed E-state index contributed by atoms with van der Waals surface area (Å²) in [5, 5.41) is 16.9. The van der Waals surface area contributed by atoms with Crippen LogP contribution in [0.1, 0.15) is 24.8 Å². The standard InChI is InChI=1S/C25H35N5O5S/c1-36-14-11-21(25(34)35)29-23(32)16-30(13-12-28-24(33)20(26)9-10-22(27)31)15-18-7-4-6-17-5-2-3-8-19(17)18/h2-8,20-21H,9-16,26H2,1H3,(H2,27,31)(H,28,33)(H,29,32)(H,34,35)/t20-,21-/m0/s1. The highest BCUT2D eigenvalue weighted by Gasteiger charge is 2.21. The quantitative estimate of drug-likeness (QED) is 0.216. The molecule has 3 amide bonds. The number of fused-ring (bicyclic) bond motifs is 1. The van der Waals surface area contributed by atoms with Crippen molar-refractivity contribution < 1.29 is 24.3 Å². The van der Waals surface area contributed by atoms with Crippen LogP contribution in [-0.2, 0) is 25.7 Å². The van der Waals surface area contributed by atoms with Crippen LogP contribution >= 0.6 is 11.8 Å².